The minimum Gasteiger partial charge on any atom is -0.497 e. The van der Waals surface area contributed by atoms with E-state index in [1.54, 1.807) is 14.2 Å². The largest absolute Gasteiger partial charge is 0.497 e. The molecule has 3 nitrogen and oxygen atoms in total. The van der Waals surface area contributed by atoms with Gasteiger partial charge in [-0.1, -0.05) is 19.1 Å². The van der Waals surface area contributed by atoms with Gasteiger partial charge in [0.15, 0.2) is 0 Å². The topological polar surface area (TPSA) is 34.2 Å². The average Bonchev–Trinajstić information content (AvgIpc) is 2.92. The van der Waals surface area contributed by atoms with Gasteiger partial charge in [-0.2, -0.15) is 0 Å². The normalized spacial score (nSPS) is 10.8. The van der Waals surface area contributed by atoms with Crippen molar-refractivity contribution >= 4 is 10.9 Å². The lowest BCUT2D eigenvalue weighted by molar-refractivity contribution is 0.415. The number of rotatable bonds is 4. The highest BCUT2D eigenvalue weighted by atomic mass is 16.5. The molecule has 21 heavy (non-hydrogen) atoms. The van der Waals surface area contributed by atoms with Crippen LogP contribution in [0, 0.1) is 0 Å². The second kappa shape index (κ2) is 5.52. The van der Waals surface area contributed by atoms with Crippen LogP contribution < -0.4 is 9.47 Å². The van der Waals surface area contributed by atoms with E-state index in [1.807, 2.05) is 24.3 Å². The molecule has 0 aliphatic heterocycles. The van der Waals surface area contributed by atoms with Crippen LogP contribution in [-0.4, -0.2) is 19.2 Å². The first-order valence-electron chi connectivity index (χ1n) is 7.09. The van der Waals surface area contributed by atoms with Gasteiger partial charge in [-0.15, -0.1) is 0 Å². The lowest BCUT2D eigenvalue weighted by Gasteiger charge is -2.05. The fourth-order valence-electron chi connectivity index (χ4n) is 2.71. The zero-order valence-corrected chi connectivity index (χ0v) is 12.6. The summed E-state index contributed by atoms with van der Waals surface area (Å²) in [5, 5.41) is 1.22. The number of hydrogen-bond acceptors (Lipinski definition) is 2. The Hall–Kier alpha value is -2.42. The van der Waals surface area contributed by atoms with Crippen LogP contribution in [0.5, 0.6) is 11.5 Å². The number of methoxy groups -OCH3 is 2. The molecular weight excluding hydrogens is 262 g/mol. The third-order valence-corrected chi connectivity index (χ3v) is 3.82. The molecule has 0 saturated heterocycles. The maximum atomic E-state index is 5.30. The van der Waals surface area contributed by atoms with Crippen molar-refractivity contribution in [2.24, 2.45) is 0 Å². The van der Waals surface area contributed by atoms with Gasteiger partial charge in [-0.3, -0.25) is 0 Å². The Morgan fingerprint density at radius 3 is 2.19 bits per heavy atom. The number of nitrogens with one attached hydrogen (secondary N) is 1. The van der Waals surface area contributed by atoms with E-state index in [1.165, 1.54) is 22.2 Å². The highest BCUT2D eigenvalue weighted by molar-refractivity contribution is 5.98. The van der Waals surface area contributed by atoms with E-state index < -0.39 is 0 Å². The fourth-order valence-corrected chi connectivity index (χ4v) is 2.71. The standard InChI is InChI=1S/C18H19NO2/c1-4-16-18(12-5-7-13(20-2)8-6-12)15-10-9-14(21-3)11-17(15)19-16/h5-11,19H,4H2,1-3H3. The number of benzene rings is 2. The van der Waals surface area contributed by atoms with Crippen molar-refractivity contribution in [3.05, 3.63) is 48.2 Å². The van der Waals surface area contributed by atoms with Crippen LogP contribution in [0.15, 0.2) is 42.5 Å². The Labute approximate surface area is 124 Å². The van der Waals surface area contributed by atoms with E-state index in [9.17, 15) is 0 Å². The molecule has 0 aliphatic rings. The Morgan fingerprint density at radius 1 is 0.905 bits per heavy atom. The molecule has 1 heterocycles. The molecule has 0 amide bonds. The smallest absolute Gasteiger partial charge is 0.120 e. The predicted molar refractivity (Wildman–Crippen MR) is 86.2 cm³/mol. The Bertz CT molecular complexity index is 757. The van der Waals surface area contributed by atoms with E-state index in [0.717, 1.165) is 23.4 Å². The molecule has 3 heteroatoms. The minimum atomic E-state index is 0.868. The average molecular weight is 281 g/mol. The third-order valence-electron chi connectivity index (χ3n) is 3.82. The lowest BCUT2D eigenvalue weighted by atomic mass is 10.0. The first kappa shape index (κ1) is 13.6. The SMILES string of the molecule is CCc1[nH]c2cc(OC)ccc2c1-c1ccc(OC)cc1. The third kappa shape index (κ3) is 2.35. The number of aromatic nitrogens is 1. The summed E-state index contributed by atoms with van der Waals surface area (Å²) in [5.41, 5.74) is 4.81. The van der Waals surface area contributed by atoms with E-state index >= 15 is 0 Å². The van der Waals surface area contributed by atoms with Gasteiger partial charge >= 0.3 is 0 Å². The molecular formula is C18H19NO2. The quantitative estimate of drug-likeness (QED) is 0.768. The van der Waals surface area contributed by atoms with E-state index in [4.69, 9.17) is 9.47 Å². The summed E-state index contributed by atoms with van der Waals surface area (Å²) in [5.74, 6) is 1.74. The monoisotopic (exact) mass is 281 g/mol. The number of aromatic amines is 1. The maximum Gasteiger partial charge on any atom is 0.120 e. The minimum absolute atomic E-state index is 0.868. The summed E-state index contributed by atoms with van der Waals surface area (Å²) >= 11 is 0. The molecule has 3 aromatic rings. The van der Waals surface area contributed by atoms with Crippen molar-refractivity contribution in [2.45, 2.75) is 13.3 Å². The number of H-pyrrole nitrogens is 1. The zero-order chi connectivity index (χ0) is 14.8. The van der Waals surface area contributed by atoms with Crippen molar-refractivity contribution in [3.63, 3.8) is 0 Å². The number of aryl methyl sites for hydroxylation is 1. The van der Waals surface area contributed by atoms with Crippen LogP contribution in [-0.2, 0) is 6.42 Å². The number of fused-ring (bicyclic) bond motifs is 1. The molecule has 0 radical (unpaired) electrons. The molecule has 0 atom stereocenters. The van der Waals surface area contributed by atoms with Gasteiger partial charge < -0.3 is 14.5 Å². The zero-order valence-electron chi connectivity index (χ0n) is 12.6. The molecule has 0 fully saturated rings. The van der Waals surface area contributed by atoms with Crippen LogP contribution >= 0.6 is 0 Å². The van der Waals surface area contributed by atoms with Gasteiger partial charge in [0, 0.05) is 28.2 Å². The van der Waals surface area contributed by atoms with Crippen molar-refractivity contribution in [2.75, 3.05) is 14.2 Å². The molecule has 0 unspecified atom stereocenters. The van der Waals surface area contributed by atoms with Gasteiger partial charge in [0.05, 0.1) is 14.2 Å². The van der Waals surface area contributed by atoms with Crippen molar-refractivity contribution in [1.82, 2.24) is 4.98 Å². The summed E-state index contributed by atoms with van der Waals surface area (Å²) in [6, 6.07) is 14.4. The first-order chi connectivity index (χ1) is 10.3. The maximum absolute atomic E-state index is 5.30. The molecule has 1 N–H and O–H groups in total. The molecule has 3 rings (SSSR count). The Morgan fingerprint density at radius 2 is 1.57 bits per heavy atom. The van der Waals surface area contributed by atoms with Crippen LogP contribution in [0.1, 0.15) is 12.6 Å². The Kier molecular flexibility index (Phi) is 3.57. The molecule has 0 saturated carbocycles. The lowest BCUT2D eigenvalue weighted by Crippen LogP contribution is -1.86. The van der Waals surface area contributed by atoms with E-state index in [0.29, 0.717) is 0 Å². The summed E-state index contributed by atoms with van der Waals surface area (Å²) < 4.78 is 10.5. The van der Waals surface area contributed by atoms with Gasteiger partial charge in [-0.05, 0) is 36.2 Å². The summed E-state index contributed by atoms with van der Waals surface area (Å²) in [6.07, 6.45) is 0.957. The van der Waals surface area contributed by atoms with Crippen LogP contribution in [0.2, 0.25) is 0 Å². The molecule has 2 aromatic carbocycles. The predicted octanol–water partition coefficient (Wildman–Crippen LogP) is 4.41. The van der Waals surface area contributed by atoms with E-state index in [-0.39, 0.29) is 0 Å². The van der Waals surface area contributed by atoms with Gasteiger partial charge in [-0.25, -0.2) is 0 Å². The summed E-state index contributed by atoms with van der Waals surface area (Å²) in [6.45, 7) is 2.16. The van der Waals surface area contributed by atoms with Gasteiger partial charge in [0.1, 0.15) is 11.5 Å². The number of hydrogen-bond donors (Lipinski definition) is 1. The fraction of sp³-hybridized carbons (Fsp3) is 0.222. The molecule has 1 aromatic heterocycles. The number of ether oxygens (including phenoxy) is 2. The highest BCUT2D eigenvalue weighted by Crippen LogP contribution is 2.35. The van der Waals surface area contributed by atoms with Crippen LogP contribution in [0.4, 0.5) is 0 Å². The van der Waals surface area contributed by atoms with Crippen LogP contribution in [0.3, 0.4) is 0 Å². The van der Waals surface area contributed by atoms with Gasteiger partial charge in [0.2, 0.25) is 0 Å². The second-order valence-electron chi connectivity index (χ2n) is 4.97. The van der Waals surface area contributed by atoms with Crippen molar-refractivity contribution < 1.29 is 9.47 Å². The molecule has 0 aliphatic carbocycles. The van der Waals surface area contributed by atoms with Crippen molar-refractivity contribution in [1.29, 1.82) is 0 Å². The second-order valence-corrected chi connectivity index (χ2v) is 4.97. The molecule has 0 spiro atoms. The van der Waals surface area contributed by atoms with Crippen molar-refractivity contribution in [3.8, 4) is 22.6 Å². The van der Waals surface area contributed by atoms with Gasteiger partial charge in [0.25, 0.3) is 0 Å². The molecule has 108 valence electrons. The highest BCUT2D eigenvalue weighted by Gasteiger charge is 2.13. The first-order valence-corrected chi connectivity index (χ1v) is 7.09. The van der Waals surface area contributed by atoms with Crippen LogP contribution in [0.25, 0.3) is 22.0 Å². The summed E-state index contributed by atoms with van der Waals surface area (Å²) in [4.78, 5) is 3.50. The summed E-state index contributed by atoms with van der Waals surface area (Å²) in [7, 11) is 3.37. The Balaban J connectivity index is 2.19. The van der Waals surface area contributed by atoms with E-state index in [2.05, 4.69) is 30.1 Å². The molecule has 0 bridgehead atoms.